The van der Waals surface area contributed by atoms with Gasteiger partial charge in [0, 0.05) is 6.04 Å². The number of hydrogen-bond acceptors (Lipinski definition) is 5. The van der Waals surface area contributed by atoms with Gasteiger partial charge in [0.25, 0.3) is 0 Å². The molecule has 2 amide bonds. The number of benzene rings is 1. The van der Waals surface area contributed by atoms with Crippen LogP contribution in [0.5, 0.6) is 0 Å². The maximum atomic E-state index is 12.5. The molecule has 0 spiro atoms. The quantitative estimate of drug-likeness (QED) is 0.748. The number of rotatable bonds is 3. The average molecular weight is 311 g/mol. The molecule has 0 aromatic heterocycles. The molecule has 2 atom stereocenters. The van der Waals surface area contributed by atoms with Crippen LogP contribution in [0.4, 0.5) is 0 Å². The summed E-state index contributed by atoms with van der Waals surface area (Å²) in [5, 5.41) is 2.11. The summed E-state index contributed by atoms with van der Waals surface area (Å²) in [7, 11) is -3.91. The maximum Gasteiger partial charge on any atom is 0.244 e. The minimum absolute atomic E-state index is 0.0289. The second-order valence-electron chi connectivity index (χ2n) is 5.00. The molecule has 0 bridgehead atoms. The van der Waals surface area contributed by atoms with Crippen LogP contribution in [0.2, 0.25) is 0 Å². The van der Waals surface area contributed by atoms with Crippen LogP contribution in [0.1, 0.15) is 25.5 Å². The lowest BCUT2D eigenvalue weighted by Gasteiger charge is -2.30. The van der Waals surface area contributed by atoms with E-state index < -0.39 is 27.9 Å². The first-order valence-corrected chi connectivity index (χ1v) is 7.88. The summed E-state index contributed by atoms with van der Waals surface area (Å²) in [6, 6.07) is 4.96. The lowest BCUT2D eigenvalue weighted by molar-refractivity contribution is -0.136. The van der Waals surface area contributed by atoms with Crippen LogP contribution in [0, 0.1) is 0 Å². The van der Waals surface area contributed by atoms with Crippen LogP contribution in [0.3, 0.4) is 0 Å². The van der Waals surface area contributed by atoms with Crippen molar-refractivity contribution in [1.82, 2.24) is 9.62 Å². The molecule has 2 unspecified atom stereocenters. The molecule has 0 aliphatic carbocycles. The third-order valence-electron chi connectivity index (χ3n) is 3.39. The van der Waals surface area contributed by atoms with Crippen LogP contribution >= 0.6 is 0 Å². The number of piperazine rings is 1. The number of carbonyl (C=O) groups is 2. The molecule has 1 aromatic rings. The molecule has 1 aliphatic heterocycles. The van der Waals surface area contributed by atoms with Gasteiger partial charge in [0.15, 0.2) is 0 Å². The number of amides is 2. The van der Waals surface area contributed by atoms with Crippen molar-refractivity contribution in [2.75, 3.05) is 6.54 Å². The minimum atomic E-state index is -3.91. The van der Waals surface area contributed by atoms with E-state index in [0.717, 1.165) is 9.87 Å². The second-order valence-corrected chi connectivity index (χ2v) is 6.89. The molecule has 1 saturated heterocycles. The Bertz CT molecular complexity index is 667. The smallest absolute Gasteiger partial charge is 0.244 e. The highest BCUT2D eigenvalue weighted by Crippen LogP contribution is 2.21. The molecule has 1 heterocycles. The summed E-state index contributed by atoms with van der Waals surface area (Å²) in [6.45, 7) is 2.86. The number of imide groups is 1. The number of sulfonamides is 1. The lowest BCUT2D eigenvalue weighted by Crippen LogP contribution is -2.58. The summed E-state index contributed by atoms with van der Waals surface area (Å²) in [6.07, 6.45) is 0. The van der Waals surface area contributed by atoms with Crippen molar-refractivity contribution in [2.24, 2.45) is 5.73 Å². The Morgan fingerprint density at radius 1 is 1.29 bits per heavy atom. The van der Waals surface area contributed by atoms with Crippen LogP contribution in [-0.2, 0) is 19.6 Å². The summed E-state index contributed by atoms with van der Waals surface area (Å²) in [5.41, 5.74) is 6.52. The van der Waals surface area contributed by atoms with Crippen LogP contribution < -0.4 is 11.1 Å². The van der Waals surface area contributed by atoms with Crippen molar-refractivity contribution < 1.29 is 18.0 Å². The highest BCUT2D eigenvalue weighted by atomic mass is 32.2. The predicted octanol–water partition coefficient (Wildman–Crippen LogP) is -0.258. The molecule has 1 fully saturated rings. The molecule has 0 saturated carbocycles. The Kier molecular flexibility index (Phi) is 4.13. The zero-order valence-electron chi connectivity index (χ0n) is 11.7. The SMILES string of the molecule is CC(N)c1ccc(S(=O)(=O)N2CC(=O)NC(=O)C2C)cc1. The van der Waals surface area contributed by atoms with Gasteiger partial charge in [-0.2, -0.15) is 4.31 Å². The fourth-order valence-corrected chi connectivity index (χ4v) is 3.61. The first-order valence-electron chi connectivity index (χ1n) is 6.44. The van der Waals surface area contributed by atoms with E-state index in [0.29, 0.717) is 0 Å². The Morgan fingerprint density at radius 2 is 1.86 bits per heavy atom. The Labute approximate surface area is 123 Å². The average Bonchev–Trinajstić information content (AvgIpc) is 2.42. The Morgan fingerprint density at radius 3 is 2.38 bits per heavy atom. The number of nitrogens with two attached hydrogens (primary N) is 1. The number of nitrogens with one attached hydrogen (secondary N) is 1. The fourth-order valence-electron chi connectivity index (χ4n) is 2.06. The Balaban J connectivity index is 2.36. The summed E-state index contributed by atoms with van der Waals surface area (Å²) in [4.78, 5) is 23.0. The monoisotopic (exact) mass is 311 g/mol. The van der Waals surface area contributed by atoms with Gasteiger partial charge in [-0.3, -0.25) is 14.9 Å². The topological polar surface area (TPSA) is 110 Å². The van der Waals surface area contributed by atoms with Gasteiger partial charge >= 0.3 is 0 Å². The Hall–Kier alpha value is -1.77. The van der Waals surface area contributed by atoms with Crippen LogP contribution in [0.15, 0.2) is 29.2 Å². The lowest BCUT2D eigenvalue weighted by atomic mass is 10.1. The van der Waals surface area contributed by atoms with Crippen molar-refractivity contribution in [2.45, 2.75) is 30.8 Å². The summed E-state index contributed by atoms with van der Waals surface area (Å²) < 4.78 is 26.0. The van der Waals surface area contributed by atoms with E-state index in [1.54, 1.807) is 19.1 Å². The summed E-state index contributed by atoms with van der Waals surface area (Å²) >= 11 is 0. The van der Waals surface area contributed by atoms with E-state index in [2.05, 4.69) is 5.32 Å². The number of nitrogens with zero attached hydrogens (tertiary/aromatic N) is 1. The highest BCUT2D eigenvalue weighted by Gasteiger charge is 2.38. The van der Waals surface area contributed by atoms with Gasteiger partial charge in [-0.15, -0.1) is 0 Å². The van der Waals surface area contributed by atoms with Crippen molar-refractivity contribution >= 4 is 21.8 Å². The van der Waals surface area contributed by atoms with Gasteiger partial charge in [0.1, 0.15) is 6.04 Å². The normalized spacial score (nSPS) is 22.0. The second kappa shape index (κ2) is 5.55. The zero-order valence-corrected chi connectivity index (χ0v) is 12.6. The van der Waals surface area contributed by atoms with Gasteiger partial charge in [-0.25, -0.2) is 8.42 Å². The molecule has 1 aliphatic rings. The van der Waals surface area contributed by atoms with E-state index in [9.17, 15) is 18.0 Å². The first kappa shape index (κ1) is 15.6. The molecule has 21 heavy (non-hydrogen) atoms. The van der Waals surface area contributed by atoms with E-state index in [4.69, 9.17) is 5.73 Å². The highest BCUT2D eigenvalue weighted by molar-refractivity contribution is 7.89. The molecular formula is C13H17N3O4S. The zero-order chi connectivity index (χ0) is 15.8. The van der Waals surface area contributed by atoms with Gasteiger partial charge < -0.3 is 5.73 Å². The molecule has 2 rings (SSSR count). The molecule has 7 nitrogen and oxygen atoms in total. The standard InChI is InChI=1S/C13H17N3O4S/c1-8(14)10-3-5-11(6-4-10)21(19,20)16-7-12(17)15-13(18)9(16)2/h3-6,8-9H,7,14H2,1-2H3,(H,15,17,18). The van der Waals surface area contributed by atoms with Crippen LogP contribution in [-0.4, -0.2) is 37.1 Å². The maximum absolute atomic E-state index is 12.5. The molecule has 3 N–H and O–H groups in total. The molecular weight excluding hydrogens is 294 g/mol. The first-order chi connectivity index (χ1) is 9.73. The van der Waals surface area contributed by atoms with Gasteiger partial charge in [0.2, 0.25) is 21.8 Å². The third-order valence-corrected chi connectivity index (χ3v) is 5.32. The van der Waals surface area contributed by atoms with Gasteiger partial charge in [-0.1, -0.05) is 12.1 Å². The van der Waals surface area contributed by atoms with Crippen molar-refractivity contribution in [1.29, 1.82) is 0 Å². The minimum Gasteiger partial charge on any atom is -0.324 e. The van der Waals surface area contributed by atoms with Gasteiger partial charge in [0.05, 0.1) is 11.4 Å². The van der Waals surface area contributed by atoms with Crippen molar-refractivity contribution in [3.05, 3.63) is 29.8 Å². The van der Waals surface area contributed by atoms with E-state index in [-0.39, 0.29) is 17.5 Å². The van der Waals surface area contributed by atoms with Crippen LogP contribution in [0.25, 0.3) is 0 Å². The largest absolute Gasteiger partial charge is 0.324 e. The molecule has 0 radical (unpaired) electrons. The van der Waals surface area contributed by atoms with E-state index >= 15 is 0 Å². The van der Waals surface area contributed by atoms with Crippen molar-refractivity contribution in [3.63, 3.8) is 0 Å². The molecule has 1 aromatic carbocycles. The number of hydrogen-bond donors (Lipinski definition) is 2. The third kappa shape index (κ3) is 2.97. The fraction of sp³-hybridized carbons (Fsp3) is 0.385. The predicted molar refractivity (Wildman–Crippen MR) is 75.5 cm³/mol. The molecule has 114 valence electrons. The molecule has 8 heteroatoms. The van der Waals surface area contributed by atoms with E-state index in [1.165, 1.54) is 19.1 Å². The van der Waals surface area contributed by atoms with Crippen molar-refractivity contribution in [3.8, 4) is 0 Å². The summed E-state index contributed by atoms with van der Waals surface area (Å²) in [5.74, 6) is -1.25. The van der Waals surface area contributed by atoms with E-state index in [1.807, 2.05) is 0 Å². The van der Waals surface area contributed by atoms with Gasteiger partial charge in [-0.05, 0) is 31.5 Å². The number of carbonyl (C=O) groups excluding carboxylic acids is 2.